The van der Waals surface area contributed by atoms with Crippen LogP contribution in [0.15, 0.2) is 0 Å². The number of rotatable bonds is 4. The number of carboxylic acid groups (broad SMARTS) is 1. The molecule has 16 heavy (non-hydrogen) atoms. The summed E-state index contributed by atoms with van der Waals surface area (Å²) in [6.07, 6.45) is -5.08. The number of likely N-dealkylation sites (N-methyl/N-ethyl adjacent to an activating group) is 2. The van der Waals surface area contributed by atoms with Gasteiger partial charge in [-0.15, -0.1) is 0 Å². The van der Waals surface area contributed by atoms with E-state index in [1.54, 1.807) is 0 Å². The second-order valence-corrected chi connectivity index (χ2v) is 2.54. The lowest BCUT2D eigenvalue weighted by Gasteiger charge is -2.00. The van der Waals surface area contributed by atoms with Gasteiger partial charge in [0.25, 0.3) is 0 Å². The normalized spacial score (nSPS) is 10.1. The molecule has 0 unspecified atom stereocenters. The van der Waals surface area contributed by atoms with Crippen molar-refractivity contribution < 1.29 is 27.9 Å². The van der Waals surface area contributed by atoms with Gasteiger partial charge < -0.3 is 15.7 Å². The molecule has 0 rings (SSSR count). The number of aliphatic carboxylic acids is 1. The van der Waals surface area contributed by atoms with Crippen LogP contribution in [0.1, 0.15) is 13.8 Å². The molecular formula is C8H15F3N2O3. The average Bonchev–Trinajstić information content (AvgIpc) is 2.14. The van der Waals surface area contributed by atoms with Crippen LogP contribution in [0.4, 0.5) is 13.2 Å². The Morgan fingerprint density at radius 1 is 1.19 bits per heavy atom. The molecule has 0 radical (unpaired) electrons. The monoisotopic (exact) mass is 244 g/mol. The minimum atomic E-state index is -5.08. The third-order valence-corrected chi connectivity index (χ3v) is 1.15. The predicted molar refractivity (Wildman–Crippen MR) is 50.9 cm³/mol. The van der Waals surface area contributed by atoms with E-state index in [1.807, 2.05) is 13.8 Å². The van der Waals surface area contributed by atoms with Gasteiger partial charge in [-0.25, -0.2) is 4.79 Å². The highest BCUT2D eigenvalue weighted by molar-refractivity contribution is 5.77. The van der Waals surface area contributed by atoms with E-state index in [0.29, 0.717) is 13.1 Å². The van der Waals surface area contributed by atoms with Crippen LogP contribution >= 0.6 is 0 Å². The van der Waals surface area contributed by atoms with Crippen molar-refractivity contribution in [1.29, 1.82) is 0 Å². The average molecular weight is 244 g/mol. The lowest BCUT2D eigenvalue weighted by Crippen LogP contribution is -2.33. The number of carboxylic acids is 1. The van der Waals surface area contributed by atoms with Gasteiger partial charge in [0.2, 0.25) is 5.91 Å². The van der Waals surface area contributed by atoms with Crippen LogP contribution < -0.4 is 10.6 Å². The van der Waals surface area contributed by atoms with Crippen LogP contribution in [0.2, 0.25) is 0 Å². The van der Waals surface area contributed by atoms with Crippen molar-refractivity contribution in [1.82, 2.24) is 10.6 Å². The maximum Gasteiger partial charge on any atom is 0.490 e. The Morgan fingerprint density at radius 3 is 1.88 bits per heavy atom. The van der Waals surface area contributed by atoms with Gasteiger partial charge in [0, 0.05) is 6.54 Å². The van der Waals surface area contributed by atoms with Gasteiger partial charge in [0.05, 0.1) is 6.54 Å². The maximum atomic E-state index is 10.6. The Labute approximate surface area is 91.0 Å². The van der Waals surface area contributed by atoms with Gasteiger partial charge in [-0.05, 0) is 13.5 Å². The summed E-state index contributed by atoms with van der Waals surface area (Å²) in [5.41, 5.74) is 0. The smallest absolute Gasteiger partial charge is 0.475 e. The van der Waals surface area contributed by atoms with Crippen LogP contribution in [0.5, 0.6) is 0 Å². The minimum absolute atomic E-state index is 0.0688. The summed E-state index contributed by atoms with van der Waals surface area (Å²) in [4.78, 5) is 19.5. The highest BCUT2D eigenvalue weighted by Gasteiger charge is 2.38. The van der Waals surface area contributed by atoms with Crippen molar-refractivity contribution in [2.24, 2.45) is 0 Å². The van der Waals surface area contributed by atoms with Crippen molar-refractivity contribution in [2.45, 2.75) is 20.0 Å². The number of alkyl halides is 3. The fourth-order valence-electron chi connectivity index (χ4n) is 0.498. The molecule has 0 saturated carbocycles. The van der Waals surface area contributed by atoms with Gasteiger partial charge in [-0.3, -0.25) is 4.79 Å². The van der Waals surface area contributed by atoms with Crippen LogP contribution in [-0.4, -0.2) is 42.8 Å². The molecule has 0 saturated heterocycles. The van der Waals surface area contributed by atoms with E-state index in [1.165, 1.54) is 0 Å². The number of hydrogen-bond acceptors (Lipinski definition) is 3. The largest absolute Gasteiger partial charge is 0.490 e. The van der Waals surface area contributed by atoms with E-state index < -0.39 is 12.1 Å². The molecule has 3 N–H and O–H groups in total. The van der Waals surface area contributed by atoms with E-state index in [2.05, 4.69) is 10.6 Å². The zero-order valence-corrected chi connectivity index (χ0v) is 9.02. The zero-order chi connectivity index (χ0) is 13.2. The Morgan fingerprint density at radius 2 is 1.62 bits per heavy atom. The number of carbonyl (C=O) groups is 2. The fourth-order valence-corrected chi connectivity index (χ4v) is 0.498. The second kappa shape index (κ2) is 8.96. The third kappa shape index (κ3) is 12.7. The molecule has 8 heteroatoms. The van der Waals surface area contributed by atoms with E-state index >= 15 is 0 Å². The van der Waals surface area contributed by atoms with E-state index in [-0.39, 0.29) is 5.91 Å². The Kier molecular flexibility index (Phi) is 9.57. The lowest BCUT2D eigenvalue weighted by atomic mass is 10.5. The predicted octanol–water partition coefficient (Wildman–Crippen LogP) is 0.365. The van der Waals surface area contributed by atoms with Crippen LogP contribution in [0.25, 0.3) is 0 Å². The Balaban J connectivity index is 0. The molecule has 0 aliphatic carbocycles. The molecule has 0 aliphatic rings. The van der Waals surface area contributed by atoms with Crippen LogP contribution in [-0.2, 0) is 9.59 Å². The van der Waals surface area contributed by atoms with Crippen molar-refractivity contribution in [3.05, 3.63) is 0 Å². The number of amides is 1. The van der Waals surface area contributed by atoms with Crippen LogP contribution in [0.3, 0.4) is 0 Å². The van der Waals surface area contributed by atoms with E-state index in [0.717, 1.165) is 6.54 Å². The molecule has 1 amide bonds. The van der Waals surface area contributed by atoms with E-state index in [4.69, 9.17) is 9.90 Å². The molecule has 0 atom stereocenters. The molecule has 0 fully saturated rings. The minimum Gasteiger partial charge on any atom is -0.475 e. The molecule has 0 aromatic heterocycles. The fraction of sp³-hybridized carbons (Fsp3) is 0.750. The first-order chi connectivity index (χ1) is 7.25. The Bertz CT molecular complexity index is 219. The van der Waals surface area contributed by atoms with Crippen molar-refractivity contribution in [3.8, 4) is 0 Å². The number of hydrogen-bond donors (Lipinski definition) is 3. The number of halogens is 3. The molecule has 0 aromatic rings. The van der Waals surface area contributed by atoms with Crippen molar-refractivity contribution in [2.75, 3.05) is 19.6 Å². The van der Waals surface area contributed by atoms with Gasteiger partial charge in [0.1, 0.15) is 0 Å². The molecule has 0 spiro atoms. The molecular weight excluding hydrogens is 229 g/mol. The Hall–Kier alpha value is -1.31. The van der Waals surface area contributed by atoms with Crippen LogP contribution in [0, 0.1) is 0 Å². The summed E-state index contributed by atoms with van der Waals surface area (Å²) in [6, 6.07) is 0. The third-order valence-electron chi connectivity index (χ3n) is 1.15. The molecule has 96 valence electrons. The SMILES string of the molecule is CCNCC(=O)NCC.O=C(O)C(F)(F)F. The number of nitrogens with one attached hydrogen (secondary N) is 2. The molecule has 0 aromatic carbocycles. The highest BCUT2D eigenvalue weighted by atomic mass is 19.4. The summed E-state index contributed by atoms with van der Waals surface area (Å²) >= 11 is 0. The zero-order valence-electron chi connectivity index (χ0n) is 9.02. The molecule has 5 nitrogen and oxygen atoms in total. The van der Waals surface area contributed by atoms with Gasteiger partial charge in [-0.1, -0.05) is 6.92 Å². The summed E-state index contributed by atoms with van der Waals surface area (Å²) < 4.78 is 31.7. The van der Waals surface area contributed by atoms with Gasteiger partial charge in [0.15, 0.2) is 0 Å². The topological polar surface area (TPSA) is 78.4 Å². The van der Waals surface area contributed by atoms with E-state index in [9.17, 15) is 18.0 Å². The summed E-state index contributed by atoms with van der Waals surface area (Å²) in [5.74, 6) is -2.69. The van der Waals surface area contributed by atoms with Crippen molar-refractivity contribution >= 4 is 11.9 Å². The highest BCUT2D eigenvalue weighted by Crippen LogP contribution is 2.13. The summed E-state index contributed by atoms with van der Waals surface area (Å²) in [7, 11) is 0. The lowest BCUT2D eigenvalue weighted by molar-refractivity contribution is -0.192. The quantitative estimate of drug-likeness (QED) is 0.667. The van der Waals surface area contributed by atoms with Gasteiger partial charge >= 0.3 is 12.1 Å². The molecule has 0 heterocycles. The van der Waals surface area contributed by atoms with Gasteiger partial charge in [-0.2, -0.15) is 13.2 Å². The number of carbonyl (C=O) groups excluding carboxylic acids is 1. The standard InChI is InChI=1S/C6H14N2O.C2HF3O2/c1-3-7-5-6(9)8-4-2;3-2(4,5)1(6)7/h7H,3-5H2,1-2H3,(H,8,9);(H,6,7). The maximum absolute atomic E-state index is 10.6. The first-order valence-corrected chi connectivity index (χ1v) is 4.53. The second-order valence-electron chi connectivity index (χ2n) is 2.54. The first-order valence-electron chi connectivity index (χ1n) is 4.53. The van der Waals surface area contributed by atoms with Crippen molar-refractivity contribution in [3.63, 3.8) is 0 Å². The summed E-state index contributed by atoms with van der Waals surface area (Å²) in [5, 5.41) is 12.7. The molecule has 0 bridgehead atoms. The molecule has 0 aliphatic heterocycles. The summed E-state index contributed by atoms with van der Waals surface area (Å²) in [6.45, 7) is 5.87. The first kappa shape index (κ1) is 17.1.